The van der Waals surface area contributed by atoms with Crippen LogP contribution in [0.1, 0.15) is 18.1 Å². The summed E-state index contributed by atoms with van der Waals surface area (Å²) in [5, 5.41) is 4.72. The molecule has 0 saturated carbocycles. The summed E-state index contributed by atoms with van der Waals surface area (Å²) in [6.07, 6.45) is 1.42. The van der Waals surface area contributed by atoms with Gasteiger partial charge in [0, 0.05) is 5.56 Å². The third kappa shape index (κ3) is 4.99. The Balaban J connectivity index is 1.91. The standard InChI is InChI=1S/C20H16BrFN2O4S/c1-2-27-16-9-11(7-13-18(25)23-20(29)24-19(13)26)8-14(21)17(16)28-10-12-5-3-4-6-15(12)22/h3-9H,2,10H2,1H3,(H2,23,24,25,26,29). The van der Waals surface area contributed by atoms with Gasteiger partial charge < -0.3 is 9.47 Å². The van der Waals surface area contributed by atoms with Gasteiger partial charge in [-0.3, -0.25) is 20.2 Å². The minimum absolute atomic E-state index is 0.00798. The number of ether oxygens (including phenoxy) is 2. The lowest BCUT2D eigenvalue weighted by Crippen LogP contribution is -2.51. The molecule has 1 fully saturated rings. The summed E-state index contributed by atoms with van der Waals surface area (Å²) in [5.74, 6) is -0.774. The molecule has 6 nitrogen and oxygen atoms in total. The van der Waals surface area contributed by atoms with Crippen LogP contribution >= 0.6 is 28.1 Å². The van der Waals surface area contributed by atoms with E-state index in [1.807, 2.05) is 6.92 Å². The number of hydrogen-bond acceptors (Lipinski definition) is 5. The molecule has 0 unspecified atom stereocenters. The Morgan fingerprint density at radius 3 is 2.48 bits per heavy atom. The first kappa shape index (κ1) is 20.9. The fraction of sp³-hybridized carbons (Fsp3) is 0.150. The Bertz CT molecular complexity index is 1000. The number of carbonyl (C=O) groups excluding carboxylic acids is 2. The van der Waals surface area contributed by atoms with Crippen LogP contribution in [0.2, 0.25) is 0 Å². The first-order valence-electron chi connectivity index (χ1n) is 8.60. The molecule has 9 heteroatoms. The Hall–Kier alpha value is -2.78. The molecule has 0 bridgehead atoms. The maximum Gasteiger partial charge on any atom is 0.263 e. The Labute approximate surface area is 180 Å². The minimum atomic E-state index is -0.590. The van der Waals surface area contributed by atoms with Gasteiger partial charge in [0.15, 0.2) is 16.6 Å². The number of carbonyl (C=O) groups is 2. The van der Waals surface area contributed by atoms with Crippen LogP contribution in [0, 0.1) is 5.82 Å². The van der Waals surface area contributed by atoms with Crippen molar-refractivity contribution in [1.82, 2.24) is 10.6 Å². The van der Waals surface area contributed by atoms with Crippen LogP contribution in [0.3, 0.4) is 0 Å². The SMILES string of the molecule is CCOc1cc(C=C2C(=O)NC(=S)NC2=O)cc(Br)c1OCc1ccccc1F. The first-order chi connectivity index (χ1) is 13.9. The zero-order chi connectivity index (χ0) is 21.0. The van der Waals surface area contributed by atoms with Gasteiger partial charge in [-0.05, 0) is 64.9 Å². The molecule has 1 heterocycles. The first-order valence-corrected chi connectivity index (χ1v) is 9.80. The molecule has 0 aromatic heterocycles. The van der Waals surface area contributed by atoms with Crippen molar-refractivity contribution < 1.29 is 23.5 Å². The molecular weight excluding hydrogens is 463 g/mol. The normalized spacial score (nSPS) is 13.6. The highest BCUT2D eigenvalue weighted by molar-refractivity contribution is 9.10. The average Bonchev–Trinajstić information content (AvgIpc) is 2.65. The molecule has 3 rings (SSSR count). The summed E-state index contributed by atoms with van der Waals surface area (Å²) >= 11 is 8.20. The van der Waals surface area contributed by atoms with Crippen molar-refractivity contribution in [2.75, 3.05) is 6.61 Å². The predicted molar refractivity (Wildman–Crippen MR) is 113 cm³/mol. The van der Waals surface area contributed by atoms with Crippen molar-refractivity contribution in [2.45, 2.75) is 13.5 Å². The summed E-state index contributed by atoms with van der Waals surface area (Å²) in [4.78, 5) is 24.1. The quantitative estimate of drug-likeness (QED) is 0.377. The number of thiocarbonyl (C=S) groups is 1. The van der Waals surface area contributed by atoms with Crippen LogP contribution in [0.15, 0.2) is 46.4 Å². The summed E-state index contributed by atoms with van der Waals surface area (Å²) in [6.45, 7) is 2.18. The fourth-order valence-electron chi connectivity index (χ4n) is 2.61. The molecule has 0 radical (unpaired) electrons. The third-order valence-electron chi connectivity index (χ3n) is 3.92. The van der Waals surface area contributed by atoms with Gasteiger partial charge in [-0.15, -0.1) is 0 Å². The van der Waals surface area contributed by atoms with E-state index in [1.165, 1.54) is 12.1 Å². The van der Waals surface area contributed by atoms with Gasteiger partial charge in [0.05, 0.1) is 11.1 Å². The van der Waals surface area contributed by atoms with E-state index in [0.717, 1.165) is 0 Å². The van der Waals surface area contributed by atoms with E-state index in [2.05, 4.69) is 26.6 Å². The van der Waals surface area contributed by atoms with Crippen LogP contribution in [-0.2, 0) is 16.2 Å². The summed E-state index contributed by atoms with van der Waals surface area (Å²) in [5.41, 5.74) is 0.846. The zero-order valence-electron chi connectivity index (χ0n) is 15.3. The molecular formula is C20H16BrFN2O4S. The lowest BCUT2D eigenvalue weighted by atomic mass is 10.1. The van der Waals surface area contributed by atoms with Crippen LogP contribution in [0.25, 0.3) is 6.08 Å². The lowest BCUT2D eigenvalue weighted by molar-refractivity contribution is -0.123. The molecule has 2 N–H and O–H groups in total. The highest BCUT2D eigenvalue weighted by Gasteiger charge is 2.26. The summed E-state index contributed by atoms with van der Waals surface area (Å²) in [6, 6.07) is 9.62. The number of halogens is 2. The lowest BCUT2D eigenvalue weighted by Gasteiger charge is -2.17. The maximum atomic E-state index is 13.9. The highest BCUT2D eigenvalue weighted by Crippen LogP contribution is 2.38. The monoisotopic (exact) mass is 478 g/mol. The maximum absolute atomic E-state index is 13.9. The Morgan fingerprint density at radius 1 is 1.14 bits per heavy atom. The van der Waals surface area contributed by atoms with Gasteiger partial charge >= 0.3 is 0 Å². The zero-order valence-corrected chi connectivity index (χ0v) is 17.7. The number of nitrogens with one attached hydrogen (secondary N) is 2. The fourth-order valence-corrected chi connectivity index (χ4v) is 3.37. The second kappa shape index (κ2) is 9.15. The molecule has 2 aromatic rings. The van der Waals surface area contributed by atoms with E-state index in [0.29, 0.717) is 33.7 Å². The van der Waals surface area contributed by atoms with Crippen LogP contribution in [-0.4, -0.2) is 23.5 Å². The van der Waals surface area contributed by atoms with Gasteiger partial charge in [0.25, 0.3) is 11.8 Å². The Kier molecular flexibility index (Phi) is 6.60. The largest absolute Gasteiger partial charge is 0.490 e. The van der Waals surface area contributed by atoms with Crippen LogP contribution in [0.5, 0.6) is 11.5 Å². The molecule has 0 spiro atoms. The van der Waals surface area contributed by atoms with Gasteiger partial charge in [-0.1, -0.05) is 18.2 Å². The molecule has 0 atom stereocenters. The number of amides is 2. The van der Waals surface area contributed by atoms with E-state index < -0.39 is 11.8 Å². The van der Waals surface area contributed by atoms with Crippen molar-refractivity contribution in [3.05, 3.63) is 63.4 Å². The molecule has 150 valence electrons. The molecule has 2 amide bonds. The Morgan fingerprint density at radius 2 is 1.83 bits per heavy atom. The van der Waals surface area contributed by atoms with Crippen molar-refractivity contribution in [3.63, 3.8) is 0 Å². The second-order valence-electron chi connectivity index (χ2n) is 5.94. The van der Waals surface area contributed by atoms with Crippen molar-refractivity contribution in [3.8, 4) is 11.5 Å². The number of rotatable bonds is 6. The topological polar surface area (TPSA) is 76.7 Å². The van der Waals surface area contributed by atoms with E-state index >= 15 is 0 Å². The molecule has 0 aliphatic carbocycles. The van der Waals surface area contributed by atoms with E-state index in [-0.39, 0.29) is 23.1 Å². The molecule has 29 heavy (non-hydrogen) atoms. The molecule has 1 aliphatic heterocycles. The predicted octanol–water partition coefficient (Wildman–Crippen LogP) is 3.48. The smallest absolute Gasteiger partial charge is 0.263 e. The second-order valence-corrected chi connectivity index (χ2v) is 7.20. The summed E-state index contributed by atoms with van der Waals surface area (Å²) < 4.78 is 25.8. The van der Waals surface area contributed by atoms with E-state index in [9.17, 15) is 14.0 Å². The average molecular weight is 479 g/mol. The number of hydrogen-bond donors (Lipinski definition) is 2. The van der Waals surface area contributed by atoms with Gasteiger partial charge in [-0.25, -0.2) is 4.39 Å². The summed E-state index contributed by atoms with van der Waals surface area (Å²) in [7, 11) is 0. The van der Waals surface area contributed by atoms with Gasteiger partial charge in [-0.2, -0.15) is 0 Å². The van der Waals surface area contributed by atoms with Gasteiger partial charge in [0.2, 0.25) is 0 Å². The molecule has 2 aromatic carbocycles. The van der Waals surface area contributed by atoms with Gasteiger partial charge in [0.1, 0.15) is 18.0 Å². The van der Waals surface area contributed by atoms with E-state index in [1.54, 1.807) is 30.3 Å². The van der Waals surface area contributed by atoms with Crippen molar-refractivity contribution >= 4 is 51.2 Å². The van der Waals surface area contributed by atoms with Crippen LogP contribution in [0.4, 0.5) is 4.39 Å². The number of benzene rings is 2. The third-order valence-corrected chi connectivity index (χ3v) is 4.71. The van der Waals surface area contributed by atoms with Crippen LogP contribution < -0.4 is 20.1 Å². The van der Waals surface area contributed by atoms with E-state index in [4.69, 9.17) is 21.7 Å². The molecule has 1 aliphatic rings. The molecule has 1 saturated heterocycles. The van der Waals surface area contributed by atoms with Crippen molar-refractivity contribution in [1.29, 1.82) is 0 Å². The van der Waals surface area contributed by atoms with Crippen molar-refractivity contribution in [2.24, 2.45) is 0 Å². The minimum Gasteiger partial charge on any atom is -0.490 e. The highest BCUT2D eigenvalue weighted by atomic mass is 79.9.